The lowest BCUT2D eigenvalue weighted by molar-refractivity contribution is -0.137. The number of amides is 2. The van der Waals surface area contributed by atoms with E-state index in [9.17, 15) is 18.0 Å². The molecule has 1 saturated carbocycles. The van der Waals surface area contributed by atoms with Gasteiger partial charge in [0.1, 0.15) is 5.82 Å². The van der Waals surface area contributed by atoms with Crippen molar-refractivity contribution in [3.63, 3.8) is 0 Å². The molecule has 1 saturated heterocycles. The van der Waals surface area contributed by atoms with E-state index in [2.05, 4.69) is 15.6 Å². The summed E-state index contributed by atoms with van der Waals surface area (Å²) in [6, 6.07) is 2.50. The Balaban J connectivity index is 1.50. The molecular formula is C16H21F3N4O. The van der Waals surface area contributed by atoms with Gasteiger partial charge < -0.3 is 15.5 Å². The fourth-order valence-electron chi connectivity index (χ4n) is 3.31. The molecule has 1 aliphatic carbocycles. The minimum absolute atomic E-state index is 0.0181. The molecule has 2 N–H and O–H groups in total. The number of carbonyl (C=O) groups is 1. The van der Waals surface area contributed by atoms with Gasteiger partial charge in [-0.3, -0.25) is 0 Å². The lowest BCUT2D eigenvalue weighted by atomic mass is 10.2. The first-order chi connectivity index (χ1) is 11.4. The number of halogens is 3. The van der Waals surface area contributed by atoms with Gasteiger partial charge in [-0.05, 0) is 31.4 Å². The number of alkyl halides is 3. The molecule has 8 heteroatoms. The van der Waals surface area contributed by atoms with Crippen molar-refractivity contribution < 1.29 is 18.0 Å². The highest BCUT2D eigenvalue weighted by Crippen LogP contribution is 2.29. The average molecular weight is 342 g/mol. The zero-order valence-electron chi connectivity index (χ0n) is 13.3. The van der Waals surface area contributed by atoms with E-state index in [1.54, 1.807) is 0 Å². The fraction of sp³-hybridized carbons (Fsp3) is 0.625. The number of anilines is 1. The van der Waals surface area contributed by atoms with Crippen molar-refractivity contribution in [3.8, 4) is 0 Å². The summed E-state index contributed by atoms with van der Waals surface area (Å²) in [5.74, 6) is 0.503. The van der Waals surface area contributed by atoms with Crippen molar-refractivity contribution >= 4 is 11.8 Å². The van der Waals surface area contributed by atoms with Crippen molar-refractivity contribution in [1.82, 2.24) is 15.6 Å². The number of rotatable bonds is 3. The minimum Gasteiger partial charge on any atom is -0.354 e. The van der Waals surface area contributed by atoms with Crippen molar-refractivity contribution in [2.45, 2.75) is 50.4 Å². The molecule has 1 atom stereocenters. The molecule has 0 aromatic carbocycles. The molecular weight excluding hydrogens is 321 g/mol. The average Bonchev–Trinajstić information content (AvgIpc) is 3.18. The first kappa shape index (κ1) is 16.9. The Hall–Kier alpha value is -1.99. The molecule has 0 unspecified atom stereocenters. The molecule has 2 heterocycles. The standard InChI is InChI=1S/C16H21F3N4O/c17-16(18,19)11-5-6-14(20-9-11)23-8-7-13(10-23)22-15(24)21-12-3-1-2-4-12/h5-6,9,12-13H,1-4,7-8,10H2,(H2,21,22,24)/t13-/m0/s1. The van der Waals surface area contributed by atoms with Gasteiger partial charge >= 0.3 is 12.2 Å². The summed E-state index contributed by atoms with van der Waals surface area (Å²) in [6.45, 7) is 1.21. The van der Waals surface area contributed by atoms with E-state index in [1.807, 2.05) is 4.90 Å². The van der Waals surface area contributed by atoms with Crippen molar-refractivity contribution in [2.75, 3.05) is 18.0 Å². The van der Waals surface area contributed by atoms with Crippen LogP contribution in [0.4, 0.5) is 23.8 Å². The van der Waals surface area contributed by atoms with E-state index in [-0.39, 0.29) is 18.1 Å². The zero-order valence-corrected chi connectivity index (χ0v) is 13.3. The largest absolute Gasteiger partial charge is 0.417 e. The molecule has 3 rings (SSSR count). The third-order valence-electron chi connectivity index (χ3n) is 4.61. The predicted octanol–water partition coefficient (Wildman–Crippen LogP) is 2.92. The van der Waals surface area contributed by atoms with Crippen LogP contribution in [0, 0.1) is 0 Å². The van der Waals surface area contributed by atoms with Gasteiger partial charge in [0.05, 0.1) is 5.56 Å². The third-order valence-corrected chi connectivity index (χ3v) is 4.61. The maximum Gasteiger partial charge on any atom is 0.417 e. The van der Waals surface area contributed by atoms with Crippen LogP contribution >= 0.6 is 0 Å². The number of hydrogen-bond acceptors (Lipinski definition) is 3. The molecule has 1 aromatic heterocycles. The van der Waals surface area contributed by atoms with Crippen LogP contribution in [-0.2, 0) is 6.18 Å². The molecule has 132 valence electrons. The first-order valence-corrected chi connectivity index (χ1v) is 8.27. The molecule has 2 amide bonds. The lowest BCUT2D eigenvalue weighted by Crippen LogP contribution is -2.46. The van der Waals surface area contributed by atoms with Crippen molar-refractivity contribution in [2.24, 2.45) is 0 Å². The lowest BCUT2D eigenvalue weighted by Gasteiger charge is -2.19. The Labute approximate surface area is 138 Å². The summed E-state index contributed by atoms with van der Waals surface area (Å²) >= 11 is 0. The van der Waals surface area contributed by atoms with E-state index >= 15 is 0 Å². The van der Waals surface area contributed by atoms with Crippen LogP contribution in [0.1, 0.15) is 37.7 Å². The Morgan fingerprint density at radius 3 is 2.46 bits per heavy atom. The summed E-state index contributed by atoms with van der Waals surface area (Å²) in [6.07, 6.45) is 1.59. The predicted molar refractivity (Wildman–Crippen MR) is 83.8 cm³/mol. The number of nitrogens with one attached hydrogen (secondary N) is 2. The normalized spacial score (nSPS) is 22.0. The van der Waals surface area contributed by atoms with Crippen LogP contribution in [0.5, 0.6) is 0 Å². The summed E-state index contributed by atoms with van der Waals surface area (Å²) in [7, 11) is 0. The second-order valence-electron chi connectivity index (χ2n) is 6.43. The van der Waals surface area contributed by atoms with Crippen LogP contribution < -0.4 is 15.5 Å². The molecule has 5 nitrogen and oxygen atoms in total. The maximum absolute atomic E-state index is 12.6. The number of nitrogens with zero attached hydrogens (tertiary/aromatic N) is 2. The van der Waals surface area contributed by atoms with Crippen LogP contribution in [0.3, 0.4) is 0 Å². The Kier molecular flexibility index (Phi) is 4.82. The molecule has 0 radical (unpaired) electrons. The van der Waals surface area contributed by atoms with E-state index < -0.39 is 11.7 Å². The number of hydrogen-bond donors (Lipinski definition) is 2. The number of carbonyl (C=O) groups excluding carboxylic acids is 1. The van der Waals surface area contributed by atoms with Crippen LogP contribution in [0.2, 0.25) is 0 Å². The highest BCUT2D eigenvalue weighted by atomic mass is 19.4. The van der Waals surface area contributed by atoms with Crippen molar-refractivity contribution in [3.05, 3.63) is 23.9 Å². The van der Waals surface area contributed by atoms with Gasteiger partial charge in [0.25, 0.3) is 0 Å². The van der Waals surface area contributed by atoms with Gasteiger partial charge in [-0.2, -0.15) is 13.2 Å². The van der Waals surface area contributed by atoms with Gasteiger partial charge in [-0.1, -0.05) is 12.8 Å². The topological polar surface area (TPSA) is 57.3 Å². The first-order valence-electron chi connectivity index (χ1n) is 8.27. The Bertz CT molecular complexity index is 570. The summed E-state index contributed by atoms with van der Waals surface area (Å²) in [4.78, 5) is 17.8. The van der Waals surface area contributed by atoms with Crippen LogP contribution in [-0.4, -0.2) is 36.2 Å². The molecule has 1 aliphatic heterocycles. The van der Waals surface area contributed by atoms with Gasteiger partial charge in [-0.15, -0.1) is 0 Å². The molecule has 0 bridgehead atoms. The smallest absolute Gasteiger partial charge is 0.354 e. The van der Waals surface area contributed by atoms with Gasteiger partial charge in [0, 0.05) is 31.4 Å². The van der Waals surface area contributed by atoms with E-state index in [0.717, 1.165) is 44.4 Å². The third kappa shape index (κ3) is 4.10. The van der Waals surface area contributed by atoms with Gasteiger partial charge in [-0.25, -0.2) is 9.78 Å². The Morgan fingerprint density at radius 2 is 1.83 bits per heavy atom. The van der Waals surface area contributed by atoms with E-state index in [1.165, 1.54) is 6.07 Å². The van der Waals surface area contributed by atoms with Crippen LogP contribution in [0.15, 0.2) is 18.3 Å². The summed E-state index contributed by atoms with van der Waals surface area (Å²) in [5, 5.41) is 5.92. The monoisotopic (exact) mass is 342 g/mol. The molecule has 2 aliphatic rings. The van der Waals surface area contributed by atoms with E-state index in [4.69, 9.17) is 0 Å². The fourth-order valence-corrected chi connectivity index (χ4v) is 3.31. The SMILES string of the molecule is O=C(NC1CCCC1)N[C@H]1CCN(c2ccc(C(F)(F)F)cn2)C1. The summed E-state index contributed by atoms with van der Waals surface area (Å²) in [5.41, 5.74) is -0.754. The molecule has 0 spiro atoms. The minimum atomic E-state index is -4.38. The number of urea groups is 1. The second-order valence-corrected chi connectivity index (χ2v) is 6.43. The summed E-state index contributed by atoms with van der Waals surface area (Å²) < 4.78 is 37.7. The van der Waals surface area contributed by atoms with E-state index in [0.29, 0.717) is 18.9 Å². The zero-order chi connectivity index (χ0) is 17.2. The maximum atomic E-state index is 12.6. The number of aromatic nitrogens is 1. The number of pyridine rings is 1. The van der Waals surface area contributed by atoms with Gasteiger partial charge in [0.15, 0.2) is 0 Å². The molecule has 2 fully saturated rings. The van der Waals surface area contributed by atoms with Crippen LogP contribution in [0.25, 0.3) is 0 Å². The van der Waals surface area contributed by atoms with Gasteiger partial charge in [0.2, 0.25) is 0 Å². The Morgan fingerprint density at radius 1 is 1.12 bits per heavy atom. The van der Waals surface area contributed by atoms with Crippen molar-refractivity contribution in [1.29, 1.82) is 0 Å². The molecule has 1 aromatic rings. The highest BCUT2D eigenvalue weighted by molar-refractivity contribution is 5.74. The quantitative estimate of drug-likeness (QED) is 0.888. The second kappa shape index (κ2) is 6.86. The highest BCUT2D eigenvalue weighted by Gasteiger charge is 2.31. The molecule has 24 heavy (non-hydrogen) atoms.